The average Bonchev–Trinajstić information content (AvgIpc) is 3.52. The summed E-state index contributed by atoms with van der Waals surface area (Å²) in [6.45, 7) is -0.562. The molecule has 2 aromatic carbocycles. The van der Waals surface area contributed by atoms with Crippen molar-refractivity contribution in [3.63, 3.8) is 0 Å². The minimum absolute atomic E-state index is 0.0882. The summed E-state index contributed by atoms with van der Waals surface area (Å²) >= 11 is 1.22. The zero-order chi connectivity index (χ0) is 26.4. The van der Waals surface area contributed by atoms with Crippen molar-refractivity contribution in [1.82, 2.24) is 20.3 Å². The van der Waals surface area contributed by atoms with Crippen LogP contribution < -0.4 is 19.5 Å². The van der Waals surface area contributed by atoms with Gasteiger partial charge in [-0.3, -0.25) is 9.48 Å². The van der Waals surface area contributed by atoms with Crippen molar-refractivity contribution >= 4 is 34.6 Å². The van der Waals surface area contributed by atoms with Crippen molar-refractivity contribution in [2.45, 2.75) is 37.9 Å². The number of anilines is 1. The molecule has 37 heavy (non-hydrogen) atoms. The topological polar surface area (TPSA) is 103 Å². The molecule has 192 valence electrons. The van der Waals surface area contributed by atoms with Crippen molar-refractivity contribution in [1.29, 1.82) is 0 Å². The summed E-state index contributed by atoms with van der Waals surface area (Å²) in [5.74, 6) is 2.24. The van der Waals surface area contributed by atoms with Crippen molar-refractivity contribution in [2.75, 3.05) is 11.8 Å². The molecule has 0 aliphatic rings. The van der Waals surface area contributed by atoms with Crippen molar-refractivity contribution in [3.05, 3.63) is 59.4 Å². The van der Waals surface area contributed by atoms with E-state index in [0.717, 1.165) is 22.4 Å². The number of ether oxygens (including phenoxy) is 2. The third kappa shape index (κ3) is 6.31. The quantitative estimate of drug-likeness (QED) is 0.215. The summed E-state index contributed by atoms with van der Waals surface area (Å²) in [4.78, 5) is 12.0. The summed E-state index contributed by atoms with van der Waals surface area (Å²) < 4.78 is 46.9. The monoisotopic (exact) mass is 527 g/mol. The van der Waals surface area contributed by atoms with Crippen LogP contribution >= 0.6 is 11.9 Å². The fourth-order valence-corrected chi connectivity index (χ4v) is 4.38. The summed E-state index contributed by atoms with van der Waals surface area (Å²) in [5, 5.41) is 11.1. The van der Waals surface area contributed by atoms with Crippen LogP contribution in [0.3, 0.4) is 0 Å². The third-order valence-corrected chi connectivity index (χ3v) is 6.16. The highest BCUT2D eigenvalue weighted by Gasteiger charge is 2.19. The number of hydrogen-bond acceptors (Lipinski definition) is 8. The van der Waals surface area contributed by atoms with E-state index in [1.807, 2.05) is 31.0 Å². The fourth-order valence-electron chi connectivity index (χ4n) is 3.57. The predicted molar refractivity (Wildman–Crippen MR) is 135 cm³/mol. The number of benzene rings is 2. The summed E-state index contributed by atoms with van der Waals surface area (Å²) in [7, 11) is 1.57. The zero-order valence-corrected chi connectivity index (χ0v) is 20.8. The highest BCUT2D eigenvalue weighted by atomic mass is 32.2. The van der Waals surface area contributed by atoms with Gasteiger partial charge in [-0.05, 0) is 59.7 Å². The van der Waals surface area contributed by atoms with Gasteiger partial charge in [0.05, 0.1) is 24.7 Å². The number of carbonyl (C=O) groups is 1. The van der Waals surface area contributed by atoms with Crippen molar-refractivity contribution < 1.29 is 27.6 Å². The number of amides is 1. The van der Waals surface area contributed by atoms with E-state index < -0.39 is 12.5 Å². The van der Waals surface area contributed by atoms with Crippen LogP contribution in [0.25, 0.3) is 11.0 Å². The van der Waals surface area contributed by atoms with Crippen LogP contribution in [0.5, 0.6) is 11.5 Å². The Labute approximate surface area is 215 Å². The van der Waals surface area contributed by atoms with E-state index in [1.165, 1.54) is 18.0 Å². The van der Waals surface area contributed by atoms with Gasteiger partial charge in [-0.25, -0.2) is 0 Å². The number of rotatable bonds is 11. The van der Waals surface area contributed by atoms with Gasteiger partial charge in [0.25, 0.3) is 5.91 Å². The van der Waals surface area contributed by atoms with Gasteiger partial charge in [0, 0.05) is 18.3 Å². The second-order valence-electron chi connectivity index (χ2n) is 7.79. The second kappa shape index (κ2) is 11.7. The van der Waals surface area contributed by atoms with Crippen molar-refractivity contribution in [2.24, 2.45) is 0 Å². The Morgan fingerprint density at radius 3 is 2.81 bits per heavy atom. The minimum Gasteiger partial charge on any atom is -0.496 e. The summed E-state index contributed by atoms with van der Waals surface area (Å²) in [5.41, 5.74) is 2.69. The van der Waals surface area contributed by atoms with Gasteiger partial charge < -0.3 is 24.0 Å². The van der Waals surface area contributed by atoms with Crippen LogP contribution in [-0.2, 0) is 24.3 Å². The number of terminal acetylenes is 1. The van der Waals surface area contributed by atoms with Gasteiger partial charge in [0.15, 0.2) is 11.4 Å². The Morgan fingerprint density at radius 1 is 1.24 bits per heavy atom. The summed E-state index contributed by atoms with van der Waals surface area (Å²) in [6, 6.07) is 8.98. The van der Waals surface area contributed by atoms with Crippen LogP contribution in [0.2, 0.25) is 0 Å². The Hall–Kier alpha value is -4.24. The van der Waals surface area contributed by atoms with Crippen LogP contribution in [0.1, 0.15) is 23.6 Å². The molecule has 9 nitrogen and oxygen atoms in total. The van der Waals surface area contributed by atoms with Gasteiger partial charge in [-0.15, -0.1) is 6.42 Å². The smallest absolute Gasteiger partial charge is 0.387 e. The number of alkyl halides is 2. The molecule has 0 spiro atoms. The molecule has 12 heteroatoms. The van der Waals surface area contributed by atoms with E-state index in [0.29, 0.717) is 11.3 Å². The molecule has 2 aromatic heterocycles. The molecule has 0 saturated carbocycles. The lowest BCUT2D eigenvalue weighted by atomic mass is 10.1. The highest BCUT2D eigenvalue weighted by molar-refractivity contribution is 8.00. The minimum atomic E-state index is -3.05. The van der Waals surface area contributed by atoms with Crippen LogP contribution in [0.4, 0.5) is 14.6 Å². The predicted octanol–water partition coefficient (Wildman–Crippen LogP) is 4.61. The molecule has 0 aliphatic carbocycles. The largest absolute Gasteiger partial charge is 0.496 e. The molecule has 4 rings (SSSR count). The fraction of sp³-hybridized carbons (Fsp3) is 0.240. The summed E-state index contributed by atoms with van der Waals surface area (Å²) in [6.07, 6.45) is 9.16. The molecule has 4 aromatic rings. The highest BCUT2D eigenvalue weighted by Crippen LogP contribution is 2.38. The Bertz CT molecular complexity index is 1450. The number of hydrogen-bond donors (Lipinski definition) is 2. The number of carbonyl (C=O) groups excluding carboxylic acids is 1. The van der Waals surface area contributed by atoms with Gasteiger partial charge >= 0.3 is 6.61 Å². The van der Waals surface area contributed by atoms with Crippen LogP contribution in [0, 0.1) is 12.3 Å². The molecule has 2 heterocycles. The third-order valence-electron chi connectivity index (χ3n) is 5.32. The molecule has 2 N–H and O–H groups in total. The zero-order valence-electron chi connectivity index (χ0n) is 20.0. The Morgan fingerprint density at radius 2 is 2.08 bits per heavy atom. The van der Waals surface area contributed by atoms with Crippen molar-refractivity contribution in [3.8, 4) is 23.8 Å². The number of aromatic nitrogens is 3. The Balaban J connectivity index is 1.57. The maximum Gasteiger partial charge on any atom is 0.387 e. The lowest BCUT2D eigenvalue weighted by Crippen LogP contribution is -2.20. The molecule has 0 atom stereocenters. The number of methoxy groups -OCH3 is 1. The second-order valence-corrected chi connectivity index (χ2v) is 8.64. The molecular formula is C25H23F2N5O4S. The molecule has 0 fully saturated rings. The van der Waals surface area contributed by atoms with Crippen LogP contribution in [-0.4, -0.2) is 34.6 Å². The lowest BCUT2D eigenvalue weighted by Gasteiger charge is -2.11. The molecule has 0 bridgehead atoms. The number of fused-ring (bicyclic) bond motifs is 1. The normalized spacial score (nSPS) is 10.9. The molecule has 1 amide bonds. The van der Waals surface area contributed by atoms with Crippen LogP contribution in [0.15, 0.2) is 52.1 Å². The first-order chi connectivity index (χ1) is 17.9. The van der Waals surface area contributed by atoms with E-state index in [9.17, 15) is 13.6 Å². The van der Waals surface area contributed by atoms with E-state index in [1.54, 1.807) is 30.3 Å². The van der Waals surface area contributed by atoms with E-state index in [2.05, 4.69) is 20.3 Å². The van der Waals surface area contributed by atoms with Gasteiger partial charge in [-0.2, -0.15) is 13.9 Å². The van der Waals surface area contributed by atoms with Gasteiger partial charge in [0.1, 0.15) is 16.9 Å². The van der Waals surface area contributed by atoms with E-state index in [-0.39, 0.29) is 35.6 Å². The first-order valence-corrected chi connectivity index (χ1v) is 11.9. The molecule has 0 aliphatic heterocycles. The number of aryl methyl sites for hydroxylation is 1. The molecule has 0 unspecified atom stereocenters. The lowest BCUT2D eigenvalue weighted by molar-refractivity contribution is -0.115. The molecule has 0 saturated heterocycles. The number of nitrogens with one attached hydrogen (secondary N) is 2. The van der Waals surface area contributed by atoms with E-state index in [4.69, 9.17) is 20.4 Å². The number of halogens is 2. The first kappa shape index (κ1) is 25.8. The number of nitrogens with zero attached hydrogens (tertiary/aromatic N) is 3. The van der Waals surface area contributed by atoms with Gasteiger partial charge in [0.2, 0.25) is 0 Å². The maximum atomic E-state index is 13.3. The van der Waals surface area contributed by atoms with E-state index >= 15 is 0 Å². The standard InChI is InChI=1S/C25H23F2N5O4S/c1-4-15-6-7-18(34-3)21(10-15)37-31-24-23-19(35-25(26)27)8-16(9-20(23)36-30-24)13-32-14-17(12-29-32)11-28-22(33)5-2/h2,6-10,12,14,25H,4,11,13H2,1,3H3,(H,28,33)(H,30,31). The van der Waals surface area contributed by atoms with Gasteiger partial charge in [-0.1, -0.05) is 18.1 Å². The average molecular weight is 528 g/mol. The molecule has 0 radical (unpaired) electrons. The SMILES string of the molecule is C#CC(=O)NCc1cnn(Cc2cc(OC(F)F)c3c(NSc4cc(CC)ccc4OC)noc3c2)c1. The first-order valence-electron chi connectivity index (χ1n) is 11.1. The maximum absolute atomic E-state index is 13.3. The Kier molecular flexibility index (Phi) is 8.15. The molecular weight excluding hydrogens is 504 g/mol.